The second kappa shape index (κ2) is 5.56. The summed E-state index contributed by atoms with van der Waals surface area (Å²) in [5.41, 5.74) is 0. The van der Waals surface area contributed by atoms with Gasteiger partial charge in [0.15, 0.2) is 0 Å². The molecule has 1 rings (SSSR count). The number of hydrogen-bond acceptors (Lipinski definition) is 4. The summed E-state index contributed by atoms with van der Waals surface area (Å²) in [7, 11) is -0.314. The lowest BCUT2D eigenvalue weighted by Crippen LogP contribution is -2.09. The quantitative estimate of drug-likeness (QED) is 0.640. The van der Waals surface area contributed by atoms with Gasteiger partial charge in [-0.3, -0.25) is 4.52 Å². The Morgan fingerprint density at radius 1 is 1.33 bits per heavy atom. The van der Waals surface area contributed by atoms with E-state index in [1.807, 2.05) is 18.4 Å². The van der Waals surface area contributed by atoms with Gasteiger partial charge >= 0.3 is 7.75 Å². The van der Waals surface area contributed by atoms with E-state index in [0.717, 1.165) is 4.90 Å². The van der Waals surface area contributed by atoms with Crippen LogP contribution >= 0.6 is 19.5 Å². The SMILES string of the molecule is CNP(=O)(OC)Oc1ccc(SC)cc1. The molecule has 6 heteroatoms. The molecule has 0 amide bonds. The molecule has 0 bridgehead atoms. The van der Waals surface area contributed by atoms with Crippen molar-refractivity contribution in [1.29, 1.82) is 0 Å². The molecule has 0 heterocycles. The Kier molecular flexibility index (Phi) is 4.67. The van der Waals surface area contributed by atoms with Crippen molar-refractivity contribution in [3.8, 4) is 5.75 Å². The van der Waals surface area contributed by atoms with Gasteiger partial charge in [-0.05, 0) is 37.6 Å². The lowest BCUT2D eigenvalue weighted by molar-refractivity contribution is 0.313. The second-order valence-corrected chi connectivity index (χ2v) is 5.54. The third kappa shape index (κ3) is 3.54. The molecule has 0 radical (unpaired) electrons. The maximum absolute atomic E-state index is 11.7. The number of benzene rings is 1. The normalized spacial score (nSPS) is 14.6. The van der Waals surface area contributed by atoms with Crippen molar-refractivity contribution in [1.82, 2.24) is 5.09 Å². The van der Waals surface area contributed by atoms with Crippen LogP contribution in [0.3, 0.4) is 0 Å². The van der Waals surface area contributed by atoms with Crippen LogP contribution in [0.5, 0.6) is 5.75 Å². The van der Waals surface area contributed by atoms with Crippen molar-refractivity contribution in [3.63, 3.8) is 0 Å². The first-order valence-electron chi connectivity index (χ1n) is 4.32. The lowest BCUT2D eigenvalue weighted by atomic mass is 10.3. The summed E-state index contributed by atoms with van der Waals surface area (Å²) in [6, 6.07) is 7.31. The Hall–Kier alpha value is -0.480. The van der Waals surface area contributed by atoms with Gasteiger partial charge < -0.3 is 4.52 Å². The predicted molar refractivity (Wildman–Crippen MR) is 62.5 cm³/mol. The van der Waals surface area contributed by atoms with Gasteiger partial charge in [-0.15, -0.1) is 11.8 Å². The van der Waals surface area contributed by atoms with Crippen LogP contribution in [0.2, 0.25) is 0 Å². The fourth-order valence-electron chi connectivity index (χ4n) is 0.950. The molecule has 1 atom stereocenters. The molecule has 0 aliphatic heterocycles. The molecule has 84 valence electrons. The molecule has 0 aliphatic carbocycles. The Labute approximate surface area is 93.9 Å². The van der Waals surface area contributed by atoms with Crippen LogP contribution in [-0.4, -0.2) is 20.4 Å². The van der Waals surface area contributed by atoms with Crippen LogP contribution in [0.4, 0.5) is 0 Å². The average Bonchev–Trinajstić information content (AvgIpc) is 2.30. The van der Waals surface area contributed by atoms with E-state index in [2.05, 4.69) is 5.09 Å². The van der Waals surface area contributed by atoms with Gasteiger partial charge in [0.1, 0.15) is 5.75 Å². The van der Waals surface area contributed by atoms with Gasteiger partial charge in [-0.1, -0.05) is 0 Å². The summed E-state index contributed by atoms with van der Waals surface area (Å²) < 4.78 is 21.7. The van der Waals surface area contributed by atoms with Crippen LogP contribution in [0, 0.1) is 0 Å². The van der Waals surface area contributed by atoms with E-state index in [0.29, 0.717) is 5.75 Å². The minimum atomic E-state index is -3.18. The first kappa shape index (κ1) is 12.6. The molecule has 1 aromatic carbocycles. The Morgan fingerprint density at radius 3 is 2.33 bits per heavy atom. The zero-order chi connectivity index (χ0) is 11.3. The van der Waals surface area contributed by atoms with E-state index in [1.54, 1.807) is 23.9 Å². The van der Waals surface area contributed by atoms with E-state index >= 15 is 0 Å². The van der Waals surface area contributed by atoms with Crippen molar-refractivity contribution in [2.45, 2.75) is 4.90 Å². The molecule has 0 fully saturated rings. The molecule has 15 heavy (non-hydrogen) atoms. The molecule has 0 saturated carbocycles. The fraction of sp³-hybridized carbons (Fsp3) is 0.333. The molecule has 1 aromatic rings. The molecule has 0 spiro atoms. The van der Waals surface area contributed by atoms with Gasteiger partial charge in [-0.25, -0.2) is 9.65 Å². The van der Waals surface area contributed by atoms with Gasteiger partial charge in [0.25, 0.3) is 0 Å². The van der Waals surface area contributed by atoms with Gasteiger partial charge in [-0.2, -0.15) is 0 Å². The standard InChI is InChI=1S/C9H14NO3PS/c1-10-14(11,12-2)13-8-4-6-9(15-3)7-5-8/h4-7H,1-3H3,(H,10,11). The smallest absolute Gasteiger partial charge is 0.413 e. The molecule has 4 nitrogen and oxygen atoms in total. The Bertz CT molecular complexity index is 347. The minimum absolute atomic E-state index is 0.521. The van der Waals surface area contributed by atoms with Crippen LogP contribution in [-0.2, 0) is 9.09 Å². The van der Waals surface area contributed by atoms with Crippen molar-refractivity contribution in [2.75, 3.05) is 20.4 Å². The number of nitrogens with one attached hydrogen (secondary N) is 1. The molecule has 0 aliphatic rings. The summed E-state index contributed by atoms with van der Waals surface area (Å²) >= 11 is 1.64. The number of hydrogen-bond donors (Lipinski definition) is 1. The van der Waals surface area contributed by atoms with E-state index in [1.165, 1.54) is 14.2 Å². The Morgan fingerprint density at radius 2 is 1.93 bits per heavy atom. The maximum atomic E-state index is 11.7. The highest BCUT2D eigenvalue weighted by molar-refractivity contribution is 7.98. The minimum Gasteiger partial charge on any atom is -0.413 e. The number of rotatable bonds is 5. The molecular weight excluding hydrogens is 233 g/mol. The molecule has 1 N–H and O–H groups in total. The number of thioether (sulfide) groups is 1. The average molecular weight is 247 g/mol. The fourth-order valence-corrected chi connectivity index (χ4v) is 2.11. The van der Waals surface area contributed by atoms with Crippen molar-refractivity contribution >= 4 is 19.5 Å². The third-order valence-corrected chi connectivity index (χ3v) is 4.02. The molecule has 1 unspecified atom stereocenters. The highest BCUT2D eigenvalue weighted by Crippen LogP contribution is 2.42. The van der Waals surface area contributed by atoms with E-state index in [-0.39, 0.29) is 0 Å². The first-order chi connectivity index (χ1) is 7.13. The first-order valence-corrected chi connectivity index (χ1v) is 7.08. The van der Waals surface area contributed by atoms with E-state index in [4.69, 9.17) is 9.05 Å². The topological polar surface area (TPSA) is 47.6 Å². The van der Waals surface area contributed by atoms with E-state index < -0.39 is 7.75 Å². The summed E-state index contributed by atoms with van der Waals surface area (Å²) in [5.74, 6) is 0.521. The Balaban J connectivity index is 2.76. The van der Waals surface area contributed by atoms with Crippen LogP contribution < -0.4 is 9.61 Å². The van der Waals surface area contributed by atoms with Crippen LogP contribution in [0.1, 0.15) is 0 Å². The van der Waals surface area contributed by atoms with E-state index in [9.17, 15) is 4.57 Å². The highest BCUT2D eigenvalue weighted by Gasteiger charge is 2.21. The zero-order valence-corrected chi connectivity index (χ0v) is 10.6. The third-order valence-electron chi connectivity index (χ3n) is 1.80. The predicted octanol–water partition coefficient (Wildman–Crippen LogP) is 2.76. The van der Waals surface area contributed by atoms with Gasteiger partial charge in [0, 0.05) is 12.0 Å². The van der Waals surface area contributed by atoms with Gasteiger partial charge in [0.05, 0.1) is 0 Å². The van der Waals surface area contributed by atoms with Crippen molar-refractivity contribution in [3.05, 3.63) is 24.3 Å². The zero-order valence-electron chi connectivity index (χ0n) is 8.89. The lowest BCUT2D eigenvalue weighted by Gasteiger charge is -2.15. The van der Waals surface area contributed by atoms with Crippen LogP contribution in [0.15, 0.2) is 29.2 Å². The summed E-state index contributed by atoms with van der Waals surface area (Å²) in [6.07, 6.45) is 1.99. The summed E-state index contributed by atoms with van der Waals surface area (Å²) in [6.45, 7) is 0. The van der Waals surface area contributed by atoms with Gasteiger partial charge in [0.2, 0.25) is 0 Å². The molecule has 0 saturated heterocycles. The van der Waals surface area contributed by atoms with Crippen LogP contribution in [0.25, 0.3) is 0 Å². The second-order valence-electron chi connectivity index (χ2n) is 2.67. The summed E-state index contributed by atoms with van der Waals surface area (Å²) in [5, 5.41) is 2.51. The monoisotopic (exact) mass is 247 g/mol. The molecular formula is C9H14NO3PS. The van der Waals surface area contributed by atoms with Crippen molar-refractivity contribution < 1.29 is 13.6 Å². The summed E-state index contributed by atoms with van der Waals surface area (Å²) in [4.78, 5) is 1.12. The van der Waals surface area contributed by atoms with Crippen molar-refractivity contribution in [2.24, 2.45) is 0 Å². The maximum Gasteiger partial charge on any atom is 0.458 e. The highest BCUT2D eigenvalue weighted by atomic mass is 32.2. The largest absolute Gasteiger partial charge is 0.458 e. The molecule has 0 aromatic heterocycles.